The van der Waals surface area contributed by atoms with E-state index in [0.29, 0.717) is 19.4 Å². The molecule has 7 heteroatoms. The zero-order chi connectivity index (χ0) is 12.2. The molecule has 0 aromatic rings. The first kappa shape index (κ1) is 16.7. The third kappa shape index (κ3) is 5.23. The summed E-state index contributed by atoms with van der Waals surface area (Å²) < 4.78 is 23.6. The number of sulfone groups is 1. The van der Waals surface area contributed by atoms with Crippen LogP contribution in [-0.2, 0) is 14.6 Å². The van der Waals surface area contributed by atoms with E-state index in [9.17, 15) is 13.2 Å². The molecule has 1 aliphatic rings. The normalized spacial score (nSPS) is 18.5. The van der Waals surface area contributed by atoms with Gasteiger partial charge in [-0.1, -0.05) is 12.8 Å². The minimum Gasteiger partial charge on any atom is -0.351 e. The first-order valence-corrected chi connectivity index (χ1v) is 7.38. The topological polar surface area (TPSA) is 89.3 Å². The van der Waals surface area contributed by atoms with Crippen LogP contribution < -0.4 is 11.1 Å². The molecule has 0 spiro atoms. The van der Waals surface area contributed by atoms with E-state index in [1.807, 2.05) is 0 Å². The van der Waals surface area contributed by atoms with Crippen molar-refractivity contribution in [3.63, 3.8) is 0 Å². The molecule has 1 rings (SSSR count). The summed E-state index contributed by atoms with van der Waals surface area (Å²) in [6.07, 6.45) is 3.29. The number of carbonyl (C=O) groups is 1. The molecule has 1 saturated carbocycles. The molecule has 1 fully saturated rings. The van der Waals surface area contributed by atoms with E-state index in [1.54, 1.807) is 6.92 Å². The number of carbonyl (C=O) groups excluding carboxylic acids is 1. The second kappa shape index (κ2) is 7.18. The van der Waals surface area contributed by atoms with Gasteiger partial charge in [0.15, 0.2) is 9.84 Å². The average Bonchev–Trinajstić information content (AvgIpc) is 2.69. The molecule has 0 radical (unpaired) electrons. The maximum Gasteiger partial charge on any atom is 0.235 e. The Bertz CT molecular complexity index is 339. The molecule has 1 aliphatic carbocycles. The number of hydrogen-bond acceptors (Lipinski definition) is 4. The largest absolute Gasteiger partial charge is 0.351 e. The van der Waals surface area contributed by atoms with Crippen LogP contribution in [0.2, 0.25) is 0 Å². The van der Waals surface area contributed by atoms with Gasteiger partial charge in [0.05, 0.1) is 5.25 Å². The lowest BCUT2D eigenvalue weighted by Gasteiger charge is -2.14. The molecule has 0 heterocycles. The maximum atomic E-state index is 11.8. The van der Waals surface area contributed by atoms with Gasteiger partial charge >= 0.3 is 0 Å². The van der Waals surface area contributed by atoms with Crippen molar-refractivity contribution in [3.05, 3.63) is 0 Å². The number of rotatable bonds is 5. The molecule has 0 aliphatic heterocycles. The molecular formula is C10H21ClN2O3S. The Labute approximate surface area is 109 Å². The van der Waals surface area contributed by atoms with Crippen molar-refractivity contribution in [3.8, 4) is 0 Å². The molecule has 17 heavy (non-hydrogen) atoms. The zero-order valence-corrected chi connectivity index (χ0v) is 11.6. The standard InChI is InChI=1S/C10H20N2O3S.ClH/c1-8(6-11)12-10(13)7-16(14,15)9-4-2-3-5-9;/h8-9H,2-7,11H2,1H3,(H,12,13);1H/t8-;/m0./s1. The zero-order valence-electron chi connectivity index (χ0n) is 10.0. The van der Waals surface area contributed by atoms with Crippen LogP contribution in [-0.4, -0.2) is 37.9 Å². The molecule has 1 amide bonds. The molecule has 0 aromatic heterocycles. The second-order valence-electron chi connectivity index (χ2n) is 4.42. The quantitative estimate of drug-likeness (QED) is 0.756. The number of halogens is 1. The van der Waals surface area contributed by atoms with Crippen LogP contribution in [0.5, 0.6) is 0 Å². The van der Waals surface area contributed by atoms with E-state index in [0.717, 1.165) is 12.8 Å². The van der Waals surface area contributed by atoms with E-state index in [1.165, 1.54) is 0 Å². The summed E-state index contributed by atoms with van der Waals surface area (Å²) in [5.74, 6) is -0.841. The van der Waals surface area contributed by atoms with Gasteiger partial charge in [-0.2, -0.15) is 0 Å². The SMILES string of the molecule is C[C@@H](CN)NC(=O)CS(=O)(=O)C1CCCC1.Cl. The minimum atomic E-state index is -3.27. The molecule has 5 nitrogen and oxygen atoms in total. The van der Waals surface area contributed by atoms with Gasteiger partial charge < -0.3 is 11.1 Å². The van der Waals surface area contributed by atoms with Crippen molar-refractivity contribution in [2.45, 2.75) is 43.9 Å². The minimum absolute atomic E-state index is 0. The maximum absolute atomic E-state index is 11.8. The van der Waals surface area contributed by atoms with Gasteiger partial charge in [0.1, 0.15) is 5.75 Å². The Morgan fingerprint density at radius 3 is 2.41 bits per heavy atom. The summed E-state index contributed by atoms with van der Waals surface area (Å²) in [7, 11) is -3.27. The lowest BCUT2D eigenvalue weighted by molar-refractivity contribution is -0.119. The van der Waals surface area contributed by atoms with Gasteiger partial charge in [0, 0.05) is 12.6 Å². The number of nitrogens with one attached hydrogen (secondary N) is 1. The Hall–Kier alpha value is -0.330. The highest BCUT2D eigenvalue weighted by atomic mass is 35.5. The highest BCUT2D eigenvalue weighted by molar-refractivity contribution is 7.92. The second-order valence-corrected chi connectivity index (χ2v) is 6.70. The highest BCUT2D eigenvalue weighted by Crippen LogP contribution is 2.24. The van der Waals surface area contributed by atoms with E-state index in [-0.39, 0.29) is 23.7 Å². The van der Waals surface area contributed by atoms with Crippen molar-refractivity contribution in [1.29, 1.82) is 0 Å². The summed E-state index contributed by atoms with van der Waals surface area (Å²) in [5.41, 5.74) is 5.34. The predicted octanol–water partition coefficient (Wildman–Crippen LogP) is 0.229. The fourth-order valence-corrected chi connectivity index (χ4v) is 3.66. The fraction of sp³-hybridized carbons (Fsp3) is 0.900. The van der Waals surface area contributed by atoms with Crippen molar-refractivity contribution in [2.75, 3.05) is 12.3 Å². The van der Waals surface area contributed by atoms with Crippen molar-refractivity contribution in [1.82, 2.24) is 5.32 Å². The van der Waals surface area contributed by atoms with E-state index in [2.05, 4.69) is 5.32 Å². The summed E-state index contributed by atoms with van der Waals surface area (Å²) in [5, 5.41) is 2.25. The number of hydrogen-bond donors (Lipinski definition) is 2. The fourth-order valence-electron chi connectivity index (χ4n) is 1.92. The summed E-state index contributed by atoms with van der Waals surface area (Å²) in [6.45, 7) is 2.06. The van der Waals surface area contributed by atoms with Crippen LogP contribution in [0.25, 0.3) is 0 Å². The van der Waals surface area contributed by atoms with Gasteiger partial charge in [-0.05, 0) is 19.8 Å². The Morgan fingerprint density at radius 1 is 1.41 bits per heavy atom. The first-order chi connectivity index (χ1) is 7.45. The Morgan fingerprint density at radius 2 is 1.94 bits per heavy atom. The third-order valence-corrected chi connectivity index (χ3v) is 5.05. The van der Waals surface area contributed by atoms with Crippen LogP contribution >= 0.6 is 12.4 Å². The number of nitrogens with two attached hydrogens (primary N) is 1. The van der Waals surface area contributed by atoms with Gasteiger partial charge in [-0.15, -0.1) is 12.4 Å². The van der Waals surface area contributed by atoms with Crippen LogP contribution in [0.1, 0.15) is 32.6 Å². The molecule has 1 atom stereocenters. The summed E-state index contributed by atoms with van der Waals surface area (Å²) in [6, 6.07) is -0.175. The van der Waals surface area contributed by atoms with Gasteiger partial charge in [-0.25, -0.2) is 8.42 Å². The van der Waals surface area contributed by atoms with Crippen LogP contribution in [0.15, 0.2) is 0 Å². The average molecular weight is 285 g/mol. The van der Waals surface area contributed by atoms with Crippen molar-refractivity contribution in [2.24, 2.45) is 5.73 Å². The molecular weight excluding hydrogens is 264 g/mol. The lowest BCUT2D eigenvalue weighted by Crippen LogP contribution is -2.42. The van der Waals surface area contributed by atoms with Crippen LogP contribution in [0, 0.1) is 0 Å². The van der Waals surface area contributed by atoms with Gasteiger partial charge in [-0.3, -0.25) is 4.79 Å². The third-order valence-electron chi connectivity index (χ3n) is 2.90. The molecule has 0 saturated heterocycles. The molecule has 102 valence electrons. The van der Waals surface area contributed by atoms with Crippen LogP contribution in [0.3, 0.4) is 0 Å². The van der Waals surface area contributed by atoms with Crippen molar-refractivity contribution >= 4 is 28.2 Å². The van der Waals surface area contributed by atoms with Crippen molar-refractivity contribution < 1.29 is 13.2 Å². The van der Waals surface area contributed by atoms with E-state index in [4.69, 9.17) is 5.73 Å². The predicted molar refractivity (Wildman–Crippen MR) is 69.9 cm³/mol. The van der Waals surface area contributed by atoms with E-state index >= 15 is 0 Å². The molecule has 0 aromatic carbocycles. The van der Waals surface area contributed by atoms with Gasteiger partial charge in [0.2, 0.25) is 5.91 Å². The first-order valence-electron chi connectivity index (χ1n) is 5.66. The summed E-state index contributed by atoms with van der Waals surface area (Å²) in [4.78, 5) is 11.4. The van der Waals surface area contributed by atoms with Crippen LogP contribution in [0.4, 0.5) is 0 Å². The molecule has 0 unspecified atom stereocenters. The van der Waals surface area contributed by atoms with Gasteiger partial charge in [0.25, 0.3) is 0 Å². The molecule has 0 bridgehead atoms. The highest BCUT2D eigenvalue weighted by Gasteiger charge is 2.30. The Kier molecular flexibility index (Phi) is 7.04. The summed E-state index contributed by atoms with van der Waals surface area (Å²) >= 11 is 0. The van der Waals surface area contributed by atoms with E-state index < -0.39 is 21.5 Å². The molecule has 3 N–H and O–H groups in total. The number of amides is 1. The monoisotopic (exact) mass is 284 g/mol. The Balaban J connectivity index is 0.00000256. The smallest absolute Gasteiger partial charge is 0.235 e. The lowest BCUT2D eigenvalue weighted by atomic mass is 10.3.